The number of ether oxygens (including phenoxy) is 2. The zero-order valence-electron chi connectivity index (χ0n) is 13.3. The zero-order chi connectivity index (χ0) is 16.9. The van der Waals surface area contributed by atoms with Crippen LogP contribution in [0.15, 0.2) is 18.2 Å². The second-order valence-corrected chi connectivity index (χ2v) is 7.75. The van der Waals surface area contributed by atoms with Gasteiger partial charge in [-0.05, 0) is 30.0 Å². The molecule has 1 saturated heterocycles. The predicted molar refractivity (Wildman–Crippen MR) is 86.5 cm³/mol. The largest absolute Gasteiger partial charge is 0.493 e. The van der Waals surface area contributed by atoms with Crippen molar-refractivity contribution in [3.63, 3.8) is 0 Å². The van der Waals surface area contributed by atoms with Crippen LogP contribution in [0, 0.1) is 5.92 Å². The Bertz CT molecular complexity index is 660. The number of carbonyl (C=O) groups is 1. The van der Waals surface area contributed by atoms with Crippen molar-refractivity contribution < 1.29 is 22.7 Å². The Balaban J connectivity index is 1.78. The summed E-state index contributed by atoms with van der Waals surface area (Å²) in [5.41, 5.74) is 0.876. The van der Waals surface area contributed by atoms with Crippen LogP contribution in [-0.4, -0.2) is 46.7 Å². The first kappa shape index (κ1) is 17.4. The summed E-state index contributed by atoms with van der Waals surface area (Å²) in [6.07, 6.45) is 0.609. The number of nitrogens with one attached hydrogen (secondary N) is 2. The summed E-state index contributed by atoms with van der Waals surface area (Å²) in [7, 11) is 0.205. The van der Waals surface area contributed by atoms with E-state index in [2.05, 4.69) is 10.6 Å². The standard InChI is InChI=1S/C15H22N2O5S/c1-21-13-4-3-11(7-14(13)22-2)8-16-15(18)17-9-12-5-6-23(19,20)10-12/h3-4,7,12H,5-6,8-10H2,1-2H3,(H2,16,17,18)/t12-/m0/s1. The quantitative estimate of drug-likeness (QED) is 0.802. The van der Waals surface area contributed by atoms with Gasteiger partial charge in [0, 0.05) is 13.1 Å². The maximum atomic E-state index is 11.8. The molecular formula is C15H22N2O5S. The van der Waals surface area contributed by atoms with Crippen molar-refractivity contribution >= 4 is 15.9 Å². The van der Waals surface area contributed by atoms with Gasteiger partial charge in [-0.15, -0.1) is 0 Å². The normalized spacial score (nSPS) is 19.1. The van der Waals surface area contributed by atoms with Crippen LogP contribution in [0.1, 0.15) is 12.0 Å². The molecule has 0 saturated carbocycles. The Morgan fingerprint density at radius 2 is 1.96 bits per heavy atom. The van der Waals surface area contributed by atoms with Crippen molar-refractivity contribution in [3.8, 4) is 11.5 Å². The van der Waals surface area contributed by atoms with E-state index in [4.69, 9.17) is 9.47 Å². The lowest BCUT2D eigenvalue weighted by Gasteiger charge is -2.12. The third kappa shape index (κ3) is 5.02. The van der Waals surface area contributed by atoms with Gasteiger partial charge in [-0.1, -0.05) is 6.07 Å². The maximum absolute atomic E-state index is 11.8. The molecule has 1 heterocycles. The van der Waals surface area contributed by atoms with E-state index in [1.807, 2.05) is 6.07 Å². The number of sulfone groups is 1. The van der Waals surface area contributed by atoms with Gasteiger partial charge in [-0.2, -0.15) is 0 Å². The molecule has 128 valence electrons. The van der Waals surface area contributed by atoms with E-state index in [0.29, 0.717) is 31.0 Å². The van der Waals surface area contributed by atoms with E-state index < -0.39 is 9.84 Å². The number of hydrogen-bond acceptors (Lipinski definition) is 5. The highest BCUT2D eigenvalue weighted by Crippen LogP contribution is 2.27. The molecule has 8 heteroatoms. The molecule has 0 unspecified atom stereocenters. The Kier molecular flexibility index (Phi) is 5.70. The molecule has 2 rings (SSSR count). The third-order valence-corrected chi connectivity index (χ3v) is 5.62. The van der Waals surface area contributed by atoms with Gasteiger partial charge in [0.25, 0.3) is 0 Å². The fraction of sp³-hybridized carbons (Fsp3) is 0.533. The van der Waals surface area contributed by atoms with Crippen LogP contribution < -0.4 is 20.1 Å². The van der Waals surface area contributed by atoms with Crippen LogP contribution in [0.2, 0.25) is 0 Å². The lowest BCUT2D eigenvalue weighted by atomic mass is 10.1. The lowest BCUT2D eigenvalue weighted by Crippen LogP contribution is -2.38. The summed E-state index contributed by atoms with van der Waals surface area (Å²) in [6.45, 7) is 0.714. The molecule has 2 amide bonds. The Hall–Kier alpha value is -1.96. The number of amides is 2. The smallest absolute Gasteiger partial charge is 0.315 e. The molecule has 0 spiro atoms. The van der Waals surface area contributed by atoms with Gasteiger partial charge in [-0.3, -0.25) is 0 Å². The minimum Gasteiger partial charge on any atom is -0.493 e. The van der Waals surface area contributed by atoms with Gasteiger partial charge in [0.2, 0.25) is 0 Å². The molecule has 2 N–H and O–H groups in total. The van der Waals surface area contributed by atoms with Gasteiger partial charge < -0.3 is 20.1 Å². The van der Waals surface area contributed by atoms with Gasteiger partial charge in [0.15, 0.2) is 21.3 Å². The molecule has 7 nitrogen and oxygen atoms in total. The number of rotatable bonds is 6. The molecule has 0 aliphatic carbocycles. The van der Waals surface area contributed by atoms with Crippen molar-refractivity contribution in [2.45, 2.75) is 13.0 Å². The summed E-state index contributed by atoms with van der Waals surface area (Å²) >= 11 is 0. The van der Waals surface area contributed by atoms with E-state index >= 15 is 0 Å². The van der Waals surface area contributed by atoms with Crippen molar-refractivity contribution in [3.05, 3.63) is 23.8 Å². The average Bonchev–Trinajstić information content (AvgIpc) is 2.89. The number of carbonyl (C=O) groups excluding carboxylic acids is 1. The van der Waals surface area contributed by atoms with Crippen molar-refractivity contribution in [2.24, 2.45) is 5.92 Å². The summed E-state index contributed by atoms with van der Waals surface area (Å²) in [4.78, 5) is 11.8. The minimum atomic E-state index is -2.91. The van der Waals surface area contributed by atoms with Gasteiger partial charge in [-0.25, -0.2) is 13.2 Å². The fourth-order valence-electron chi connectivity index (χ4n) is 2.51. The van der Waals surface area contributed by atoms with Crippen LogP contribution in [0.5, 0.6) is 11.5 Å². The molecule has 1 aliphatic heterocycles. The molecule has 0 bridgehead atoms. The Morgan fingerprint density at radius 1 is 1.22 bits per heavy atom. The molecule has 1 aromatic rings. The molecule has 1 atom stereocenters. The van der Waals surface area contributed by atoms with Crippen LogP contribution in [-0.2, 0) is 16.4 Å². The minimum absolute atomic E-state index is 0.00632. The monoisotopic (exact) mass is 342 g/mol. The highest BCUT2D eigenvalue weighted by Gasteiger charge is 2.27. The summed E-state index contributed by atoms with van der Waals surface area (Å²) in [6, 6.07) is 5.09. The highest BCUT2D eigenvalue weighted by atomic mass is 32.2. The summed E-state index contributed by atoms with van der Waals surface area (Å²) < 4.78 is 33.1. The SMILES string of the molecule is COc1ccc(CNC(=O)NC[C@@H]2CCS(=O)(=O)C2)cc1OC. The van der Waals surface area contributed by atoms with E-state index in [9.17, 15) is 13.2 Å². The van der Waals surface area contributed by atoms with Crippen LogP contribution in [0.3, 0.4) is 0 Å². The number of urea groups is 1. The second-order valence-electron chi connectivity index (χ2n) is 5.52. The van der Waals surface area contributed by atoms with Crippen LogP contribution in [0.4, 0.5) is 4.79 Å². The first-order valence-corrected chi connectivity index (χ1v) is 9.18. The Morgan fingerprint density at radius 3 is 2.57 bits per heavy atom. The van der Waals surface area contributed by atoms with E-state index in [0.717, 1.165) is 5.56 Å². The molecule has 1 fully saturated rings. The van der Waals surface area contributed by atoms with Crippen molar-refractivity contribution in [1.82, 2.24) is 10.6 Å². The molecule has 1 aromatic carbocycles. The maximum Gasteiger partial charge on any atom is 0.315 e. The molecule has 1 aliphatic rings. The summed E-state index contributed by atoms with van der Waals surface area (Å²) in [5.74, 6) is 1.61. The van der Waals surface area contributed by atoms with E-state index in [1.54, 1.807) is 26.4 Å². The van der Waals surface area contributed by atoms with Gasteiger partial charge in [0.1, 0.15) is 0 Å². The number of benzene rings is 1. The van der Waals surface area contributed by atoms with Crippen molar-refractivity contribution in [2.75, 3.05) is 32.3 Å². The number of methoxy groups -OCH3 is 2. The van der Waals surface area contributed by atoms with Gasteiger partial charge in [0.05, 0.1) is 25.7 Å². The fourth-order valence-corrected chi connectivity index (χ4v) is 4.37. The summed E-state index contributed by atoms with van der Waals surface area (Å²) in [5, 5.41) is 5.45. The van der Waals surface area contributed by atoms with E-state index in [1.165, 1.54) is 0 Å². The van der Waals surface area contributed by atoms with Crippen LogP contribution >= 0.6 is 0 Å². The lowest BCUT2D eigenvalue weighted by molar-refractivity contribution is 0.239. The predicted octanol–water partition coefficient (Wildman–Crippen LogP) is 0.938. The second kappa shape index (κ2) is 7.54. The first-order chi connectivity index (χ1) is 10.9. The Labute approximate surface area is 136 Å². The average molecular weight is 342 g/mol. The topological polar surface area (TPSA) is 93.7 Å². The van der Waals surface area contributed by atoms with E-state index in [-0.39, 0.29) is 23.5 Å². The number of hydrogen-bond donors (Lipinski definition) is 2. The van der Waals surface area contributed by atoms with Gasteiger partial charge >= 0.3 is 6.03 Å². The van der Waals surface area contributed by atoms with Crippen molar-refractivity contribution in [1.29, 1.82) is 0 Å². The molecule has 0 aromatic heterocycles. The molecular weight excluding hydrogens is 320 g/mol. The zero-order valence-corrected chi connectivity index (χ0v) is 14.1. The van der Waals surface area contributed by atoms with Crippen LogP contribution in [0.25, 0.3) is 0 Å². The highest BCUT2D eigenvalue weighted by molar-refractivity contribution is 7.91. The third-order valence-electron chi connectivity index (χ3n) is 3.78. The molecule has 0 radical (unpaired) electrons. The first-order valence-electron chi connectivity index (χ1n) is 7.36. The molecule has 23 heavy (non-hydrogen) atoms.